The number of hydrogen-bond acceptors (Lipinski definition) is 3. The highest BCUT2D eigenvalue weighted by Gasteiger charge is 2.25. The first-order chi connectivity index (χ1) is 7.72. The van der Waals surface area contributed by atoms with E-state index in [0.29, 0.717) is 18.3 Å². The molecule has 1 heterocycles. The van der Waals surface area contributed by atoms with Crippen molar-refractivity contribution >= 4 is 5.97 Å². The molecule has 1 aliphatic rings. The maximum atomic E-state index is 11.4. The van der Waals surface area contributed by atoms with Crippen LogP contribution in [0, 0.1) is 5.92 Å². The van der Waals surface area contributed by atoms with Crippen molar-refractivity contribution in [1.29, 1.82) is 0 Å². The van der Waals surface area contributed by atoms with Gasteiger partial charge in [0.05, 0.1) is 12.9 Å². The zero-order valence-electron chi connectivity index (χ0n) is 9.85. The third-order valence-electron chi connectivity index (χ3n) is 3.39. The van der Waals surface area contributed by atoms with E-state index in [1.165, 1.54) is 19.3 Å². The van der Waals surface area contributed by atoms with Crippen LogP contribution in [0.5, 0.6) is 0 Å². The van der Waals surface area contributed by atoms with Crippen molar-refractivity contribution < 1.29 is 9.53 Å². The van der Waals surface area contributed by atoms with Crippen molar-refractivity contribution in [3.63, 3.8) is 0 Å². The fourth-order valence-corrected chi connectivity index (χ4v) is 2.04. The van der Waals surface area contributed by atoms with Gasteiger partial charge < -0.3 is 9.30 Å². The molecule has 4 heteroatoms. The predicted molar refractivity (Wildman–Crippen MR) is 60.2 cm³/mol. The van der Waals surface area contributed by atoms with E-state index in [4.69, 9.17) is 4.74 Å². The van der Waals surface area contributed by atoms with Crippen molar-refractivity contribution in [2.45, 2.75) is 39.2 Å². The molecule has 0 saturated heterocycles. The number of esters is 1. The Morgan fingerprint density at radius 3 is 3.00 bits per heavy atom. The van der Waals surface area contributed by atoms with Crippen LogP contribution in [0.1, 0.15) is 49.6 Å². The van der Waals surface area contributed by atoms with Gasteiger partial charge in [0.15, 0.2) is 5.69 Å². The summed E-state index contributed by atoms with van der Waals surface area (Å²) in [6.07, 6.45) is 7.42. The van der Waals surface area contributed by atoms with Gasteiger partial charge in [-0.3, -0.25) is 0 Å². The lowest BCUT2D eigenvalue weighted by atomic mass is 9.80. The number of rotatable bonds is 4. The minimum atomic E-state index is -0.331. The minimum Gasteiger partial charge on any atom is -0.461 e. The normalized spacial score (nSPS) is 17.9. The number of hydrogen-bond donors (Lipinski definition) is 0. The molecule has 0 spiro atoms. The van der Waals surface area contributed by atoms with E-state index in [-0.39, 0.29) is 5.97 Å². The van der Waals surface area contributed by atoms with Gasteiger partial charge in [-0.2, -0.15) is 0 Å². The fourth-order valence-electron chi connectivity index (χ4n) is 2.04. The summed E-state index contributed by atoms with van der Waals surface area (Å²) in [6, 6.07) is 0.435. The fraction of sp³-hybridized carbons (Fsp3) is 0.667. The maximum absolute atomic E-state index is 11.4. The first-order valence-corrected chi connectivity index (χ1v) is 5.93. The molecule has 1 saturated carbocycles. The Morgan fingerprint density at radius 1 is 1.69 bits per heavy atom. The summed E-state index contributed by atoms with van der Waals surface area (Å²) in [5.41, 5.74) is 0.410. The zero-order chi connectivity index (χ0) is 11.5. The Balaban J connectivity index is 2.03. The molecule has 1 aromatic heterocycles. The van der Waals surface area contributed by atoms with Crippen LogP contribution >= 0.6 is 0 Å². The van der Waals surface area contributed by atoms with Crippen molar-refractivity contribution in [2.24, 2.45) is 5.92 Å². The lowest BCUT2D eigenvalue weighted by Crippen LogP contribution is -2.22. The third-order valence-corrected chi connectivity index (χ3v) is 3.39. The smallest absolute Gasteiger partial charge is 0.358 e. The third kappa shape index (κ3) is 2.10. The van der Waals surface area contributed by atoms with Crippen LogP contribution < -0.4 is 0 Å². The van der Waals surface area contributed by atoms with E-state index in [2.05, 4.69) is 11.9 Å². The van der Waals surface area contributed by atoms with Crippen LogP contribution in [0.3, 0.4) is 0 Å². The zero-order valence-corrected chi connectivity index (χ0v) is 9.85. The molecule has 0 aromatic carbocycles. The first kappa shape index (κ1) is 11.2. The Labute approximate surface area is 95.6 Å². The van der Waals surface area contributed by atoms with Gasteiger partial charge in [-0.1, -0.05) is 6.42 Å². The summed E-state index contributed by atoms with van der Waals surface area (Å²) >= 11 is 0. The van der Waals surface area contributed by atoms with E-state index in [1.54, 1.807) is 19.4 Å². The van der Waals surface area contributed by atoms with Gasteiger partial charge in [0, 0.05) is 12.2 Å². The molecule has 1 atom stereocenters. The van der Waals surface area contributed by atoms with Crippen LogP contribution in [-0.4, -0.2) is 22.1 Å². The molecule has 1 aromatic rings. The van der Waals surface area contributed by atoms with Gasteiger partial charge in [0.25, 0.3) is 0 Å². The Hall–Kier alpha value is -1.32. The molecule has 1 fully saturated rings. The van der Waals surface area contributed by atoms with Crippen molar-refractivity contribution in [3.05, 3.63) is 18.2 Å². The summed E-state index contributed by atoms with van der Waals surface area (Å²) in [5, 5.41) is 0. The Bertz CT molecular complexity index is 369. The standard InChI is InChI=1S/C12H18N2O2/c1-3-16-12(15)11-7-14(8-13-11)9(2)10-5-4-6-10/h7-10H,3-6H2,1-2H3. The largest absolute Gasteiger partial charge is 0.461 e. The number of ether oxygens (including phenoxy) is 1. The van der Waals surface area contributed by atoms with E-state index < -0.39 is 0 Å². The topological polar surface area (TPSA) is 44.1 Å². The van der Waals surface area contributed by atoms with Crippen LogP contribution in [0.25, 0.3) is 0 Å². The maximum Gasteiger partial charge on any atom is 0.358 e. The molecule has 88 valence electrons. The molecule has 0 bridgehead atoms. The molecule has 1 aliphatic carbocycles. The average molecular weight is 222 g/mol. The highest BCUT2D eigenvalue weighted by atomic mass is 16.5. The molecular formula is C12H18N2O2. The molecule has 0 radical (unpaired) electrons. The summed E-state index contributed by atoms with van der Waals surface area (Å²) in [4.78, 5) is 15.5. The summed E-state index contributed by atoms with van der Waals surface area (Å²) in [5.74, 6) is 0.409. The second kappa shape index (κ2) is 4.68. The van der Waals surface area contributed by atoms with Crippen LogP contribution in [0.2, 0.25) is 0 Å². The molecule has 2 rings (SSSR count). The van der Waals surface area contributed by atoms with Gasteiger partial charge in [0.1, 0.15) is 0 Å². The molecule has 0 N–H and O–H groups in total. The summed E-state index contributed by atoms with van der Waals surface area (Å²) < 4.78 is 6.93. The predicted octanol–water partition coefficient (Wildman–Crippen LogP) is 2.42. The molecule has 0 amide bonds. The number of carbonyl (C=O) groups is 1. The molecular weight excluding hydrogens is 204 g/mol. The first-order valence-electron chi connectivity index (χ1n) is 5.93. The number of nitrogens with zero attached hydrogens (tertiary/aromatic N) is 2. The Morgan fingerprint density at radius 2 is 2.44 bits per heavy atom. The summed E-state index contributed by atoms with van der Waals surface area (Å²) in [7, 11) is 0. The van der Waals surface area contributed by atoms with E-state index in [0.717, 1.165) is 5.92 Å². The van der Waals surface area contributed by atoms with Gasteiger partial charge in [-0.15, -0.1) is 0 Å². The van der Waals surface area contributed by atoms with Crippen LogP contribution in [0.15, 0.2) is 12.5 Å². The quantitative estimate of drug-likeness (QED) is 0.735. The number of carbonyl (C=O) groups excluding carboxylic acids is 1. The van der Waals surface area contributed by atoms with E-state index in [9.17, 15) is 4.79 Å². The monoisotopic (exact) mass is 222 g/mol. The second-order valence-corrected chi connectivity index (χ2v) is 4.36. The van der Waals surface area contributed by atoms with Crippen molar-refractivity contribution in [3.8, 4) is 0 Å². The van der Waals surface area contributed by atoms with Gasteiger partial charge in [0.2, 0.25) is 0 Å². The summed E-state index contributed by atoms with van der Waals surface area (Å²) in [6.45, 7) is 4.37. The van der Waals surface area contributed by atoms with Gasteiger partial charge in [-0.25, -0.2) is 9.78 Å². The number of imidazole rings is 1. The van der Waals surface area contributed by atoms with Gasteiger partial charge >= 0.3 is 5.97 Å². The van der Waals surface area contributed by atoms with Crippen molar-refractivity contribution in [2.75, 3.05) is 6.61 Å². The SMILES string of the molecule is CCOC(=O)c1cn(C(C)C2CCC2)cn1. The lowest BCUT2D eigenvalue weighted by molar-refractivity contribution is 0.0520. The Kier molecular flexibility index (Phi) is 3.27. The molecule has 1 unspecified atom stereocenters. The average Bonchev–Trinajstić information content (AvgIpc) is 2.63. The highest BCUT2D eigenvalue weighted by Crippen LogP contribution is 2.35. The lowest BCUT2D eigenvalue weighted by Gasteiger charge is -2.31. The van der Waals surface area contributed by atoms with Crippen LogP contribution in [-0.2, 0) is 4.74 Å². The van der Waals surface area contributed by atoms with Crippen LogP contribution in [0.4, 0.5) is 0 Å². The second-order valence-electron chi connectivity index (χ2n) is 4.36. The minimum absolute atomic E-state index is 0.331. The van der Waals surface area contributed by atoms with Crippen molar-refractivity contribution in [1.82, 2.24) is 9.55 Å². The van der Waals surface area contributed by atoms with Gasteiger partial charge in [-0.05, 0) is 32.6 Å². The molecule has 4 nitrogen and oxygen atoms in total. The molecule has 0 aliphatic heterocycles. The van der Waals surface area contributed by atoms with E-state index >= 15 is 0 Å². The van der Waals surface area contributed by atoms with E-state index in [1.807, 2.05) is 4.57 Å². The molecule has 16 heavy (non-hydrogen) atoms. The number of aromatic nitrogens is 2. The highest BCUT2D eigenvalue weighted by molar-refractivity contribution is 5.86.